The number of rotatable bonds is 7. The van der Waals surface area contributed by atoms with E-state index in [2.05, 4.69) is 5.32 Å². The van der Waals surface area contributed by atoms with E-state index in [0.29, 0.717) is 25.8 Å². The molecule has 1 rings (SSSR count). The normalized spacial score (nSPS) is 20.9. The smallest absolute Gasteiger partial charge is 0.272 e. The zero-order valence-corrected chi connectivity index (χ0v) is 8.79. The number of nitrogens with zero attached hydrogens (tertiary/aromatic N) is 1. The molecule has 16 heavy (non-hydrogen) atoms. The van der Waals surface area contributed by atoms with Crippen LogP contribution in [0.4, 0.5) is 8.78 Å². The first kappa shape index (κ1) is 12.8. The highest BCUT2D eigenvalue weighted by molar-refractivity contribution is 5.81. The number of primary amides is 1. The van der Waals surface area contributed by atoms with Gasteiger partial charge in [-0.2, -0.15) is 0 Å². The molecule has 1 aliphatic rings. The van der Waals surface area contributed by atoms with Gasteiger partial charge in [-0.1, -0.05) is 0 Å². The maximum atomic E-state index is 12.4. The molecule has 1 saturated heterocycles. The predicted octanol–water partition coefficient (Wildman–Crippen LogP) is -0.683. The van der Waals surface area contributed by atoms with E-state index < -0.39 is 17.9 Å². The van der Waals surface area contributed by atoms with E-state index in [1.54, 1.807) is 4.90 Å². The van der Waals surface area contributed by atoms with E-state index in [1.165, 1.54) is 0 Å². The first-order chi connectivity index (χ1) is 7.44. The fourth-order valence-corrected chi connectivity index (χ4v) is 1.67. The highest BCUT2D eigenvalue weighted by Gasteiger charge is 2.43. The maximum Gasteiger partial charge on any atom is 0.272 e. The van der Waals surface area contributed by atoms with Crippen LogP contribution in [0.1, 0.15) is 12.8 Å². The summed E-state index contributed by atoms with van der Waals surface area (Å²) in [6, 6.07) is -0.709. The monoisotopic (exact) mass is 235 g/mol. The molecule has 2 amide bonds. The molecule has 1 fully saturated rings. The number of nitrogens with two attached hydrogens (primary N) is 1. The number of hydrogen-bond acceptors (Lipinski definition) is 3. The molecule has 0 spiro atoms. The number of likely N-dealkylation sites (tertiary alicyclic amines) is 1. The quantitative estimate of drug-likeness (QED) is 0.574. The Kier molecular flexibility index (Phi) is 4.17. The molecule has 0 radical (unpaired) electrons. The van der Waals surface area contributed by atoms with Gasteiger partial charge in [0.1, 0.15) is 6.04 Å². The van der Waals surface area contributed by atoms with Crippen molar-refractivity contribution in [1.82, 2.24) is 10.2 Å². The van der Waals surface area contributed by atoms with E-state index in [-0.39, 0.29) is 13.1 Å². The lowest BCUT2D eigenvalue weighted by molar-refractivity contribution is -0.131. The summed E-state index contributed by atoms with van der Waals surface area (Å²) in [7, 11) is 0. The highest BCUT2D eigenvalue weighted by Crippen LogP contribution is 2.26. The third-order valence-electron chi connectivity index (χ3n) is 2.49. The SMILES string of the molecule is NC(=O)C(CCCN1CC(F)(F)C1)NC=O. The summed E-state index contributed by atoms with van der Waals surface area (Å²) in [5.74, 6) is -3.18. The molecular formula is C9H15F2N3O2. The van der Waals surface area contributed by atoms with Gasteiger partial charge in [-0.25, -0.2) is 8.78 Å². The first-order valence-electron chi connectivity index (χ1n) is 5.04. The van der Waals surface area contributed by atoms with Crippen LogP contribution in [0.5, 0.6) is 0 Å². The van der Waals surface area contributed by atoms with Gasteiger partial charge in [-0.3, -0.25) is 14.5 Å². The molecule has 0 aromatic carbocycles. The minimum absolute atomic E-state index is 0.227. The van der Waals surface area contributed by atoms with Crippen molar-refractivity contribution in [2.75, 3.05) is 19.6 Å². The zero-order chi connectivity index (χ0) is 12.2. The van der Waals surface area contributed by atoms with Gasteiger partial charge in [0.2, 0.25) is 12.3 Å². The minimum Gasteiger partial charge on any atom is -0.368 e. The number of carbonyl (C=O) groups is 2. The molecule has 0 saturated carbocycles. The summed E-state index contributed by atoms with van der Waals surface area (Å²) in [4.78, 5) is 22.6. The van der Waals surface area contributed by atoms with Crippen molar-refractivity contribution in [3.63, 3.8) is 0 Å². The molecule has 5 nitrogen and oxygen atoms in total. The average Bonchev–Trinajstić information content (AvgIpc) is 2.13. The number of amides is 2. The van der Waals surface area contributed by atoms with Gasteiger partial charge in [0, 0.05) is 0 Å². The van der Waals surface area contributed by atoms with Gasteiger partial charge in [-0.05, 0) is 19.4 Å². The Morgan fingerprint density at radius 3 is 2.62 bits per heavy atom. The van der Waals surface area contributed by atoms with Gasteiger partial charge in [0.25, 0.3) is 5.92 Å². The van der Waals surface area contributed by atoms with E-state index in [4.69, 9.17) is 5.73 Å². The number of halogens is 2. The average molecular weight is 235 g/mol. The van der Waals surface area contributed by atoms with E-state index >= 15 is 0 Å². The van der Waals surface area contributed by atoms with Crippen molar-refractivity contribution >= 4 is 12.3 Å². The summed E-state index contributed by atoms with van der Waals surface area (Å²) in [5, 5.41) is 2.29. The van der Waals surface area contributed by atoms with E-state index in [1.807, 2.05) is 0 Å². The minimum atomic E-state index is -2.57. The molecule has 3 N–H and O–H groups in total. The number of carbonyl (C=O) groups excluding carboxylic acids is 2. The van der Waals surface area contributed by atoms with Crippen molar-refractivity contribution in [3.8, 4) is 0 Å². The summed E-state index contributed by atoms with van der Waals surface area (Å²) in [6.07, 6.45) is 1.33. The van der Waals surface area contributed by atoms with Gasteiger partial charge in [-0.15, -0.1) is 0 Å². The first-order valence-corrected chi connectivity index (χ1v) is 5.04. The van der Waals surface area contributed by atoms with Crippen LogP contribution >= 0.6 is 0 Å². The lowest BCUT2D eigenvalue weighted by atomic mass is 10.1. The second kappa shape index (κ2) is 5.20. The molecule has 1 aliphatic heterocycles. The van der Waals surface area contributed by atoms with Crippen molar-refractivity contribution in [3.05, 3.63) is 0 Å². The Morgan fingerprint density at radius 1 is 1.56 bits per heavy atom. The molecule has 0 bridgehead atoms. The van der Waals surface area contributed by atoms with Crippen LogP contribution in [0.2, 0.25) is 0 Å². The lowest BCUT2D eigenvalue weighted by Gasteiger charge is -2.38. The van der Waals surface area contributed by atoms with Crippen LogP contribution in [0.15, 0.2) is 0 Å². The van der Waals surface area contributed by atoms with Gasteiger partial charge >= 0.3 is 0 Å². The van der Waals surface area contributed by atoms with Crippen LogP contribution < -0.4 is 11.1 Å². The number of hydrogen-bond donors (Lipinski definition) is 2. The predicted molar refractivity (Wildman–Crippen MR) is 52.8 cm³/mol. The second-order valence-electron chi connectivity index (χ2n) is 3.95. The van der Waals surface area contributed by atoms with Crippen LogP contribution in [0, 0.1) is 0 Å². The third-order valence-corrected chi connectivity index (χ3v) is 2.49. The van der Waals surface area contributed by atoms with Crippen molar-refractivity contribution < 1.29 is 18.4 Å². The van der Waals surface area contributed by atoms with Crippen molar-refractivity contribution in [2.24, 2.45) is 5.73 Å². The van der Waals surface area contributed by atoms with Crippen LogP contribution in [0.25, 0.3) is 0 Å². The topological polar surface area (TPSA) is 75.4 Å². The number of nitrogens with one attached hydrogen (secondary N) is 1. The Labute approximate surface area is 92.0 Å². The standard InChI is InChI=1S/C9H15F2N3O2/c10-9(11)4-14(5-9)3-1-2-7(8(12)16)13-6-15/h6-7H,1-5H2,(H2,12,16)(H,13,15). The zero-order valence-electron chi connectivity index (χ0n) is 8.79. The highest BCUT2D eigenvalue weighted by atomic mass is 19.3. The molecule has 1 unspecified atom stereocenters. The Hall–Kier alpha value is -1.24. The largest absolute Gasteiger partial charge is 0.368 e. The molecule has 0 aromatic heterocycles. The summed E-state index contributed by atoms with van der Waals surface area (Å²) < 4.78 is 24.9. The van der Waals surface area contributed by atoms with Gasteiger partial charge in [0.05, 0.1) is 13.1 Å². The van der Waals surface area contributed by atoms with Crippen molar-refractivity contribution in [1.29, 1.82) is 0 Å². The fourth-order valence-electron chi connectivity index (χ4n) is 1.67. The van der Waals surface area contributed by atoms with E-state index in [9.17, 15) is 18.4 Å². The summed E-state index contributed by atoms with van der Waals surface area (Å²) in [6.45, 7) is 0.0323. The fraction of sp³-hybridized carbons (Fsp3) is 0.778. The summed E-state index contributed by atoms with van der Waals surface area (Å²) in [5.41, 5.74) is 5.04. The molecule has 0 aromatic rings. The summed E-state index contributed by atoms with van der Waals surface area (Å²) >= 11 is 0. The Balaban J connectivity index is 2.14. The molecular weight excluding hydrogens is 220 g/mol. The van der Waals surface area contributed by atoms with Crippen molar-refractivity contribution in [2.45, 2.75) is 24.8 Å². The molecule has 1 atom stereocenters. The maximum absolute atomic E-state index is 12.4. The molecule has 92 valence electrons. The number of alkyl halides is 2. The molecule has 1 heterocycles. The Morgan fingerprint density at radius 2 is 2.19 bits per heavy atom. The van der Waals surface area contributed by atoms with Gasteiger partial charge < -0.3 is 11.1 Å². The Bertz CT molecular complexity index is 265. The van der Waals surface area contributed by atoms with Crippen LogP contribution in [-0.4, -0.2) is 48.8 Å². The van der Waals surface area contributed by atoms with E-state index in [0.717, 1.165) is 0 Å². The van der Waals surface area contributed by atoms with Gasteiger partial charge in [0.15, 0.2) is 0 Å². The molecule has 0 aliphatic carbocycles. The molecule has 7 heteroatoms. The second-order valence-corrected chi connectivity index (χ2v) is 3.95. The lowest BCUT2D eigenvalue weighted by Crippen LogP contribution is -2.56. The van der Waals surface area contributed by atoms with Crippen LogP contribution in [0.3, 0.4) is 0 Å². The third kappa shape index (κ3) is 3.73. The van der Waals surface area contributed by atoms with Crippen LogP contribution in [-0.2, 0) is 9.59 Å².